The lowest BCUT2D eigenvalue weighted by molar-refractivity contribution is 0.469. The molecule has 2 aromatic carbocycles. The van der Waals surface area contributed by atoms with Gasteiger partial charge in [0.2, 0.25) is 10.0 Å². The van der Waals surface area contributed by atoms with E-state index in [0.29, 0.717) is 11.1 Å². The number of aromatic hydroxyl groups is 1. The molecule has 0 heterocycles. The van der Waals surface area contributed by atoms with Crippen LogP contribution < -0.4 is 4.72 Å². The Balaban J connectivity index is 2.35. The fraction of sp³-hybridized carbons (Fsp3) is 0.250. The van der Waals surface area contributed by atoms with Crippen LogP contribution in [0, 0.1) is 5.82 Å². The van der Waals surface area contributed by atoms with Crippen LogP contribution in [0.4, 0.5) is 4.39 Å². The summed E-state index contributed by atoms with van der Waals surface area (Å²) in [7, 11) is -3.62. The van der Waals surface area contributed by atoms with Crippen molar-refractivity contribution >= 4 is 10.0 Å². The van der Waals surface area contributed by atoms with E-state index in [1.165, 1.54) is 36.4 Å². The molecule has 0 radical (unpaired) electrons. The van der Waals surface area contributed by atoms with Gasteiger partial charge in [0.1, 0.15) is 11.6 Å². The van der Waals surface area contributed by atoms with E-state index in [4.69, 9.17) is 0 Å². The number of hydrogen-bond acceptors (Lipinski definition) is 3. The molecule has 2 N–H and O–H groups in total. The van der Waals surface area contributed by atoms with Crippen LogP contribution in [0.1, 0.15) is 20.8 Å². The molecule has 0 spiro atoms. The van der Waals surface area contributed by atoms with Gasteiger partial charge in [0, 0.05) is 17.2 Å². The quantitative estimate of drug-likeness (QED) is 0.911. The molecule has 4 nitrogen and oxygen atoms in total. The Hall–Kier alpha value is -1.92. The number of phenols is 1. The smallest absolute Gasteiger partial charge is 0.241 e. The van der Waals surface area contributed by atoms with Gasteiger partial charge in [0.25, 0.3) is 0 Å². The minimum Gasteiger partial charge on any atom is -0.508 e. The van der Waals surface area contributed by atoms with E-state index in [-0.39, 0.29) is 10.6 Å². The second-order valence-corrected chi connectivity index (χ2v) is 7.73. The third kappa shape index (κ3) is 3.84. The maximum absolute atomic E-state index is 13.8. The van der Waals surface area contributed by atoms with Crippen LogP contribution in [0.3, 0.4) is 0 Å². The standard InChI is InChI=1S/C16H18FNO3S/c1-16(2,3)18-22(20,21)13-7-4-11(5-8-13)14-9-6-12(19)10-15(14)17/h4-10,18-19H,1-3H3. The molecule has 118 valence electrons. The Kier molecular flexibility index (Phi) is 4.26. The summed E-state index contributed by atoms with van der Waals surface area (Å²) in [5.41, 5.74) is 0.248. The predicted octanol–water partition coefficient (Wildman–Crippen LogP) is 3.28. The van der Waals surface area contributed by atoms with Gasteiger partial charge in [-0.05, 0) is 50.6 Å². The Bertz CT molecular complexity index is 778. The fourth-order valence-corrected chi connectivity index (χ4v) is 3.43. The lowest BCUT2D eigenvalue weighted by Gasteiger charge is -2.20. The third-order valence-electron chi connectivity index (χ3n) is 2.87. The van der Waals surface area contributed by atoms with Crippen LogP contribution in [-0.2, 0) is 10.0 Å². The Morgan fingerprint density at radius 3 is 2.14 bits per heavy atom. The molecule has 0 bridgehead atoms. The monoisotopic (exact) mass is 323 g/mol. The number of sulfonamides is 1. The number of halogens is 1. The highest BCUT2D eigenvalue weighted by atomic mass is 32.2. The van der Waals surface area contributed by atoms with Gasteiger partial charge >= 0.3 is 0 Å². The highest BCUT2D eigenvalue weighted by molar-refractivity contribution is 7.89. The Morgan fingerprint density at radius 2 is 1.64 bits per heavy atom. The summed E-state index contributed by atoms with van der Waals surface area (Å²) >= 11 is 0. The summed E-state index contributed by atoms with van der Waals surface area (Å²) in [6, 6.07) is 9.76. The maximum atomic E-state index is 13.8. The van der Waals surface area contributed by atoms with Gasteiger partial charge in [-0.1, -0.05) is 12.1 Å². The van der Waals surface area contributed by atoms with Crippen LogP contribution in [-0.4, -0.2) is 19.1 Å². The largest absolute Gasteiger partial charge is 0.508 e. The van der Waals surface area contributed by atoms with E-state index < -0.39 is 21.4 Å². The molecule has 0 unspecified atom stereocenters. The third-order valence-corrected chi connectivity index (χ3v) is 4.64. The predicted molar refractivity (Wildman–Crippen MR) is 83.6 cm³/mol. The van der Waals surface area contributed by atoms with Gasteiger partial charge in [-0.3, -0.25) is 0 Å². The van der Waals surface area contributed by atoms with Gasteiger partial charge in [-0.15, -0.1) is 0 Å². The van der Waals surface area contributed by atoms with Crippen molar-refractivity contribution in [3.63, 3.8) is 0 Å². The molecular weight excluding hydrogens is 305 g/mol. The van der Waals surface area contributed by atoms with Crippen molar-refractivity contribution in [2.75, 3.05) is 0 Å². The van der Waals surface area contributed by atoms with E-state index in [1.54, 1.807) is 20.8 Å². The lowest BCUT2D eigenvalue weighted by Crippen LogP contribution is -2.40. The summed E-state index contributed by atoms with van der Waals surface area (Å²) in [5.74, 6) is -0.724. The fourth-order valence-electron chi connectivity index (χ4n) is 2.01. The average molecular weight is 323 g/mol. The first kappa shape index (κ1) is 16.5. The van der Waals surface area contributed by atoms with Gasteiger partial charge in [-0.2, -0.15) is 0 Å². The first-order chi connectivity index (χ1) is 10.1. The summed E-state index contributed by atoms with van der Waals surface area (Å²) in [5, 5.41) is 9.22. The molecule has 0 aliphatic rings. The molecule has 6 heteroatoms. The second kappa shape index (κ2) is 5.70. The van der Waals surface area contributed by atoms with Gasteiger partial charge in [0.15, 0.2) is 0 Å². The van der Waals surface area contributed by atoms with Gasteiger partial charge in [0.05, 0.1) is 4.90 Å². The highest BCUT2D eigenvalue weighted by Gasteiger charge is 2.21. The van der Waals surface area contributed by atoms with E-state index in [2.05, 4.69) is 4.72 Å². The molecule has 0 atom stereocenters. The van der Waals surface area contributed by atoms with Crippen molar-refractivity contribution in [1.29, 1.82) is 0 Å². The van der Waals surface area contributed by atoms with Crippen molar-refractivity contribution in [3.8, 4) is 16.9 Å². The molecule has 0 fully saturated rings. The van der Waals surface area contributed by atoms with Crippen LogP contribution in [0.2, 0.25) is 0 Å². The molecule has 0 amide bonds. The molecule has 0 saturated carbocycles. The molecule has 0 saturated heterocycles. The zero-order valence-corrected chi connectivity index (χ0v) is 13.4. The minimum atomic E-state index is -3.62. The van der Waals surface area contributed by atoms with Gasteiger partial charge in [-0.25, -0.2) is 17.5 Å². The van der Waals surface area contributed by atoms with Crippen LogP contribution in [0.5, 0.6) is 5.75 Å². The molecule has 2 aromatic rings. The van der Waals surface area contributed by atoms with E-state index in [1.807, 2.05) is 0 Å². The summed E-state index contributed by atoms with van der Waals surface area (Å²) in [6.07, 6.45) is 0. The molecule has 0 aromatic heterocycles. The summed E-state index contributed by atoms with van der Waals surface area (Å²) in [4.78, 5) is 0.116. The van der Waals surface area contributed by atoms with Crippen LogP contribution in [0.25, 0.3) is 11.1 Å². The SMILES string of the molecule is CC(C)(C)NS(=O)(=O)c1ccc(-c2ccc(O)cc2F)cc1. The zero-order chi connectivity index (χ0) is 16.5. The van der Waals surface area contributed by atoms with Crippen LogP contribution in [0.15, 0.2) is 47.4 Å². The molecule has 0 aliphatic carbocycles. The number of rotatable bonds is 3. The summed E-state index contributed by atoms with van der Waals surface area (Å²) in [6.45, 7) is 5.26. The molecular formula is C16H18FNO3S. The summed E-state index contributed by atoms with van der Waals surface area (Å²) < 4.78 is 40.7. The van der Waals surface area contributed by atoms with E-state index in [0.717, 1.165) is 6.07 Å². The van der Waals surface area contributed by atoms with Crippen molar-refractivity contribution < 1.29 is 17.9 Å². The number of benzene rings is 2. The molecule has 0 aliphatic heterocycles. The average Bonchev–Trinajstić information content (AvgIpc) is 2.36. The van der Waals surface area contributed by atoms with E-state index >= 15 is 0 Å². The Labute approximate surface area is 129 Å². The van der Waals surface area contributed by atoms with Crippen molar-refractivity contribution in [1.82, 2.24) is 4.72 Å². The number of hydrogen-bond donors (Lipinski definition) is 2. The van der Waals surface area contributed by atoms with Gasteiger partial charge < -0.3 is 5.11 Å². The second-order valence-electron chi connectivity index (χ2n) is 6.04. The number of phenolic OH excluding ortho intramolecular Hbond substituents is 1. The molecule has 2 rings (SSSR count). The Morgan fingerprint density at radius 1 is 1.05 bits per heavy atom. The minimum absolute atomic E-state index is 0.116. The topological polar surface area (TPSA) is 66.4 Å². The maximum Gasteiger partial charge on any atom is 0.241 e. The first-order valence-electron chi connectivity index (χ1n) is 6.71. The molecule has 22 heavy (non-hydrogen) atoms. The van der Waals surface area contributed by atoms with Crippen molar-refractivity contribution in [2.24, 2.45) is 0 Å². The van der Waals surface area contributed by atoms with Crippen molar-refractivity contribution in [2.45, 2.75) is 31.2 Å². The normalized spacial score (nSPS) is 12.4. The number of nitrogens with one attached hydrogen (secondary N) is 1. The zero-order valence-electron chi connectivity index (χ0n) is 12.6. The lowest BCUT2D eigenvalue weighted by atomic mass is 10.1. The van der Waals surface area contributed by atoms with E-state index in [9.17, 15) is 17.9 Å². The van der Waals surface area contributed by atoms with Crippen LogP contribution >= 0.6 is 0 Å². The first-order valence-corrected chi connectivity index (χ1v) is 8.20. The van der Waals surface area contributed by atoms with Crippen molar-refractivity contribution in [3.05, 3.63) is 48.3 Å². The highest BCUT2D eigenvalue weighted by Crippen LogP contribution is 2.26.